The maximum atomic E-state index is 10.2. The van der Waals surface area contributed by atoms with Gasteiger partial charge in [-0.15, -0.1) is 0 Å². The molecule has 17 heavy (non-hydrogen) atoms. The molecule has 94 valence electrons. The number of nitrogens with one attached hydrogen (secondary N) is 1. The summed E-state index contributed by atoms with van der Waals surface area (Å²) in [6.45, 7) is 3.34. The van der Waals surface area contributed by atoms with Crippen molar-refractivity contribution in [3.05, 3.63) is 23.0 Å². The molecular weight excluding hydrogens is 216 g/mol. The number of methoxy groups -OCH3 is 1. The molecular formula is C13H20N2O2. The minimum absolute atomic E-state index is 0.232. The van der Waals surface area contributed by atoms with E-state index in [2.05, 4.69) is 10.3 Å². The molecule has 1 atom stereocenters. The predicted molar refractivity (Wildman–Crippen MR) is 65.9 cm³/mol. The molecule has 0 amide bonds. The molecule has 0 aromatic carbocycles. The quantitative estimate of drug-likeness (QED) is 0.843. The summed E-state index contributed by atoms with van der Waals surface area (Å²) >= 11 is 0. The Balaban J connectivity index is 2.36. The van der Waals surface area contributed by atoms with Gasteiger partial charge in [-0.25, -0.2) is 0 Å². The van der Waals surface area contributed by atoms with Gasteiger partial charge in [-0.2, -0.15) is 0 Å². The number of aromatic hydroxyl groups is 1. The van der Waals surface area contributed by atoms with Crippen molar-refractivity contribution in [3.8, 4) is 5.75 Å². The van der Waals surface area contributed by atoms with E-state index in [9.17, 15) is 5.11 Å². The number of rotatable bonds is 3. The zero-order valence-electron chi connectivity index (χ0n) is 10.5. The van der Waals surface area contributed by atoms with Crippen LogP contribution in [0.1, 0.15) is 42.1 Å². The zero-order valence-corrected chi connectivity index (χ0v) is 10.5. The van der Waals surface area contributed by atoms with Crippen LogP contribution in [0.5, 0.6) is 5.75 Å². The Morgan fingerprint density at radius 2 is 2.35 bits per heavy atom. The normalized spacial score (nSPS) is 20.5. The highest BCUT2D eigenvalue weighted by Gasteiger charge is 2.22. The maximum absolute atomic E-state index is 10.2. The molecule has 0 spiro atoms. The minimum atomic E-state index is 0.232. The monoisotopic (exact) mass is 236 g/mol. The third-order valence-electron chi connectivity index (χ3n) is 3.32. The molecule has 0 radical (unpaired) electrons. The van der Waals surface area contributed by atoms with Gasteiger partial charge in [0.2, 0.25) is 0 Å². The molecule has 2 N–H and O–H groups in total. The molecule has 2 rings (SSSR count). The van der Waals surface area contributed by atoms with E-state index in [1.165, 1.54) is 12.8 Å². The molecule has 1 aromatic heterocycles. The molecule has 4 heteroatoms. The first-order valence-electron chi connectivity index (χ1n) is 6.13. The molecule has 1 unspecified atom stereocenters. The molecule has 1 aromatic rings. The summed E-state index contributed by atoms with van der Waals surface area (Å²) < 4.78 is 5.18. The van der Waals surface area contributed by atoms with Gasteiger partial charge in [0.05, 0.1) is 12.3 Å². The van der Waals surface area contributed by atoms with Crippen molar-refractivity contribution >= 4 is 0 Å². The number of aromatic nitrogens is 1. The number of pyridine rings is 1. The van der Waals surface area contributed by atoms with Crippen LogP contribution >= 0.6 is 0 Å². The summed E-state index contributed by atoms with van der Waals surface area (Å²) in [5, 5.41) is 13.7. The molecule has 1 aliphatic rings. The van der Waals surface area contributed by atoms with Crippen LogP contribution in [-0.4, -0.2) is 23.7 Å². The lowest BCUT2D eigenvalue weighted by atomic mass is 9.93. The average molecular weight is 236 g/mol. The first-order chi connectivity index (χ1) is 8.24. The molecule has 1 fully saturated rings. The van der Waals surface area contributed by atoms with E-state index in [4.69, 9.17) is 4.74 Å². The second-order valence-electron chi connectivity index (χ2n) is 4.57. The fraction of sp³-hybridized carbons (Fsp3) is 0.615. The fourth-order valence-corrected chi connectivity index (χ4v) is 2.41. The molecule has 0 aliphatic carbocycles. The highest BCUT2D eigenvalue weighted by atomic mass is 16.5. The highest BCUT2D eigenvalue weighted by molar-refractivity contribution is 5.43. The molecule has 4 nitrogen and oxygen atoms in total. The van der Waals surface area contributed by atoms with Crippen LogP contribution in [0.25, 0.3) is 0 Å². The van der Waals surface area contributed by atoms with E-state index >= 15 is 0 Å². The Kier molecular flexibility index (Phi) is 3.97. The van der Waals surface area contributed by atoms with Crippen LogP contribution in [0.15, 0.2) is 6.20 Å². The van der Waals surface area contributed by atoms with Crippen molar-refractivity contribution in [3.63, 3.8) is 0 Å². The number of hydrogen-bond donors (Lipinski definition) is 2. The van der Waals surface area contributed by atoms with Gasteiger partial charge < -0.3 is 15.2 Å². The average Bonchev–Trinajstić information content (AvgIpc) is 2.36. The number of ether oxygens (including phenoxy) is 1. The van der Waals surface area contributed by atoms with Gasteiger partial charge in [0.15, 0.2) is 0 Å². The van der Waals surface area contributed by atoms with Crippen LogP contribution in [0, 0.1) is 6.92 Å². The van der Waals surface area contributed by atoms with Crippen LogP contribution < -0.4 is 5.32 Å². The van der Waals surface area contributed by atoms with Gasteiger partial charge >= 0.3 is 0 Å². The van der Waals surface area contributed by atoms with E-state index in [0.29, 0.717) is 18.1 Å². The van der Waals surface area contributed by atoms with Gasteiger partial charge in [0.1, 0.15) is 5.75 Å². The van der Waals surface area contributed by atoms with Gasteiger partial charge in [-0.3, -0.25) is 4.98 Å². The third-order valence-corrected chi connectivity index (χ3v) is 3.32. The van der Waals surface area contributed by atoms with E-state index in [0.717, 1.165) is 24.1 Å². The summed E-state index contributed by atoms with van der Waals surface area (Å²) in [4.78, 5) is 4.19. The van der Waals surface area contributed by atoms with Crippen LogP contribution in [0.3, 0.4) is 0 Å². The van der Waals surface area contributed by atoms with E-state index in [1.807, 2.05) is 13.1 Å². The number of piperidine rings is 1. The Hall–Kier alpha value is -1.13. The van der Waals surface area contributed by atoms with Crippen LogP contribution in [0.4, 0.5) is 0 Å². The lowest BCUT2D eigenvalue weighted by molar-refractivity contribution is 0.182. The number of hydrogen-bond acceptors (Lipinski definition) is 4. The van der Waals surface area contributed by atoms with E-state index in [1.54, 1.807) is 7.11 Å². The Morgan fingerprint density at radius 1 is 1.53 bits per heavy atom. The van der Waals surface area contributed by atoms with Crippen molar-refractivity contribution in [1.82, 2.24) is 10.3 Å². The first kappa shape index (κ1) is 12.3. The van der Waals surface area contributed by atoms with Crippen molar-refractivity contribution in [2.45, 2.75) is 38.8 Å². The van der Waals surface area contributed by atoms with E-state index in [-0.39, 0.29) is 6.04 Å². The van der Waals surface area contributed by atoms with Crippen molar-refractivity contribution in [1.29, 1.82) is 0 Å². The van der Waals surface area contributed by atoms with Crippen molar-refractivity contribution in [2.75, 3.05) is 13.7 Å². The summed E-state index contributed by atoms with van der Waals surface area (Å²) in [6, 6.07) is 0.232. The Morgan fingerprint density at radius 3 is 3.00 bits per heavy atom. The second-order valence-corrected chi connectivity index (χ2v) is 4.57. The van der Waals surface area contributed by atoms with Crippen LogP contribution in [0.2, 0.25) is 0 Å². The summed E-state index contributed by atoms with van der Waals surface area (Å²) in [7, 11) is 1.66. The molecule has 0 saturated carbocycles. The second kappa shape index (κ2) is 5.47. The summed E-state index contributed by atoms with van der Waals surface area (Å²) in [5.41, 5.74) is 2.64. The van der Waals surface area contributed by atoms with Crippen molar-refractivity contribution < 1.29 is 9.84 Å². The standard InChI is InChI=1S/C13H20N2O2/c1-9-13(16)12(10(7-15-9)8-17-2)11-5-3-4-6-14-11/h7,11,14,16H,3-6,8H2,1-2H3. The van der Waals surface area contributed by atoms with Gasteiger partial charge in [0.25, 0.3) is 0 Å². The number of nitrogens with zero attached hydrogens (tertiary/aromatic N) is 1. The molecule has 1 saturated heterocycles. The van der Waals surface area contributed by atoms with Crippen molar-refractivity contribution in [2.24, 2.45) is 0 Å². The summed E-state index contributed by atoms with van der Waals surface area (Å²) in [5.74, 6) is 0.318. The number of aryl methyl sites for hydroxylation is 1. The SMILES string of the molecule is COCc1cnc(C)c(O)c1C1CCCCN1. The maximum Gasteiger partial charge on any atom is 0.141 e. The lowest BCUT2D eigenvalue weighted by Gasteiger charge is -2.26. The minimum Gasteiger partial charge on any atom is -0.506 e. The van der Waals surface area contributed by atoms with E-state index < -0.39 is 0 Å². The predicted octanol–water partition coefficient (Wildman–Crippen LogP) is 2.06. The lowest BCUT2D eigenvalue weighted by Crippen LogP contribution is -2.28. The van der Waals surface area contributed by atoms with Crippen LogP contribution in [-0.2, 0) is 11.3 Å². The fourth-order valence-electron chi connectivity index (χ4n) is 2.41. The Bertz CT molecular complexity index is 387. The van der Waals surface area contributed by atoms with Gasteiger partial charge in [-0.05, 0) is 26.3 Å². The van der Waals surface area contributed by atoms with Gasteiger partial charge in [-0.1, -0.05) is 6.42 Å². The largest absolute Gasteiger partial charge is 0.506 e. The summed E-state index contributed by atoms with van der Waals surface area (Å²) in [6.07, 6.45) is 5.28. The topological polar surface area (TPSA) is 54.4 Å². The molecule has 1 aliphatic heterocycles. The molecule has 2 heterocycles. The smallest absolute Gasteiger partial charge is 0.141 e. The third kappa shape index (κ3) is 2.58. The Labute approximate surface area is 102 Å². The molecule has 0 bridgehead atoms. The first-order valence-corrected chi connectivity index (χ1v) is 6.13. The van der Waals surface area contributed by atoms with Gasteiger partial charge in [0, 0.05) is 30.5 Å². The zero-order chi connectivity index (χ0) is 12.3. The highest BCUT2D eigenvalue weighted by Crippen LogP contribution is 2.34.